The van der Waals surface area contributed by atoms with E-state index in [4.69, 9.17) is 4.74 Å². The zero-order chi connectivity index (χ0) is 14.9. The monoisotopic (exact) mass is 282 g/mol. The highest BCUT2D eigenvalue weighted by atomic mass is 16.5. The Morgan fingerprint density at radius 3 is 2.90 bits per heavy atom. The van der Waals surface area contributed by atoms with Gasteiger partial charge >= 0.3 is 0 Å². The molecule has 0 radical (unpaired) electrons. The summed E-state index contributed by atoms with van der Waals surface area (Å²) >= 11 is 0. The van der Waals surface area contributed by atoms with Crippen LogP contribution in [-0.2, 0) is 11.3 Å². The van der Waals surface area contributed by atoms with Gasteiger partial charge in [0.2, 0.25) is 5.91 Å². The first kappa shape index (κ1) is 14.8. The van der Waals surface area contributed by atoms with Crippen LogP contribution in [0.1, 0.15) is 18.1 Å². The van der Waals surface area contributed by atoms with Gasteiger partial charge in [-0.05, 0) is 30.7 Å². The number of aromatic nitrogens is 1. The minimum atomic E-state index is -0.148. The number of para-hydroxylation sites is 1. The predicted molar refractivity (Wildman–Crippen MR) is 82.7 cm³/mol. The summed E-state index contributed by atoms with van der Waals surface area (Å²) in [4.78, 5) is 15.8. The van der Waals surface area contributed by atoms with Gasteiger partial charge in [-0.25, -0.2) is 0 Å². The molecule has 108 valence electrons. The van der Waals surface area contributed by atoms with Crippen LogP contribution in [0.2, 0.25) is 0 Å². The Hall–Kier alpha value is -2.62. The predicted octanol–water partition coefficient (Wildman–Crippen LogP) is 2.81. The van der Waals surface area contributed by atoms with E-state index in [0.717, 1.165) is 16.9 Å². The SMILES string of the molecule is CCOc1ccccc1/C=C/C(=O)NCc1cccnc1. The third-order valence-electron chi connectivity index (χ3n) is 2.82. The number of benzene rings is 1. The normalized spacial score (nSPS) is 10.5. The largest absolute Gasteiger partial charge is 0.493 e. The maximum absolute atomic E-state index is 11.8. The molecule has 0 bridgehead atoms. The molecule has 4 heteroatoms. The molecule has 0 unspecified atom stereocenters. The number of pyridine rings is 1. The minimum absolute atomic E-state index is 0.148. The summed E-state index contributed by atoms with van der Waals surface area (Å²) in [5, 5.41) is 2.81. The molecule has 1 aromatic heterocycles. The fourth-order valence-electron chi connectivity index (χ4n) is 1.82. The molecule has 2 rings (SSSR count). The fourth-order valence-corrected chi connectivity index (χ4v) is 1.82. The topological polar surface area (TPSA) is 51.2 Å². The smallest absolute Gasteiger partial charge is 0.244 e. The zero-order valence-corrected chi connectivity index (χ0v) is 12.0. The molecule has 0 saturated heterocycles. The molecular formula is C17H18N2O2. The highest BCUT2D eigenvalue weighted by Gasteiger charge is 2.00. The van der Waals surface area contributed by atoms with Crippen molar-refractivity contribution in [1.29, 1.82) is 0 Å². The number of amides is 1. The standard InChI is InChI=1S/C17H18N2O2/c1-2-21-16-8-4-3-7-15(16)9-10-17(20)19-13-14-6-5-11-18-12-14/h3-12H,2,13H2,1H3,(H,19,20)/b10-9+. The fraction of sp³-hybridized carbons (Fsp3) is 0.176. The van der Waals surface area contributed by atoms with Gasteiger partial charge in [-0.2, -0.15) is 0 Å². The number of hydrogen-bond donors (Lipinski definition) is 1. The van der Waals surface area contributed by atoms with Crippen LogP contribution in [0.5, 0.6) is 5.75 Å². The zero-order valence-electron chi connectivity index (χ0n) is 12.0. The highest BCUT2D eigenvalue weighted by molar-refractivity contribution is 5.92. The van der Waals surface area contributed by atoms with Gasteiger partial charge in [0.25, 0.3) is 0 Å². The van der Waals surface area contributed by atoms with E-state index in [-0.39, 0.29) is 5.91 Å². The van der Waals surface area contributed by atoms with Crippen LogP contribution < -0.4 is 10.1 Å². The van der Waals surface area contributed by atoms with Gasteiger partial charge in [-0.3, -0.25) is 9.78 Å². The second-order valence-electron chi connectivity index (χ2n) is 4.38. The molecule has 1 heterocycles. The molecule has 0 saturated carbocycles. The summed E-state index contributed by atoms with van der Waals surface area (Å²) in [5.41, 5.74) is 1.85. The number of nitrogens with zero attached hydrogens (tertiary/aromatic N) is 1. The number of carbonyl (C=O) groups is 1. The number of hydrogen-bond acceptors (Lipinski definition) is 3. The maximum Gasteiger partial charge on any atom is 0.244 e. The quantitative estimate of drug-likeness (QED) is 0.829. The lowest BCUT2D eigenvalue weighted by Gasteiger charge is -2.06. The van der Waals surface area contributed by atoms with E-state index in [0.29, 0.717) is 13.2 Å². The van der Waals surface area contributed by atoms with Crippen molar-refractivity contribution in [2.75, 3.05) is 6.61 Å². The third-order valence-corrected chi connectivity index (χ3v) is 2.82. The Morgan fingerprint density at radius 2 is 2.14 bits per heavy atom. The lowest BCUT2D eigenvalue weighted by molar-refractivity contribution is -0.116. The lowest BCUT2D eigenvalue weighted by atomic mass is 10.2. The average molecular weight is 282 g/mol. The van der Waals surface area contributed by atoms with E-state index in [1.165, 1.54) is 6.08 Å². The molecule has 1 N–H and O–H groups in total. The second kappa shape index (κ2) is 7.85. The van der Waals surface area contributed by atoms with Crippen molar-refractivity contribution in [3.05, 3.63) is 66.0 Å². The van der Waals surface area contributed by atoms with Crippen molar-refractivity contribution in [2.24, 2.45) is 0 Å². The Morgan fingerprint density at radius 1 is 1.29 bits per heavy atom. The molecule has 21 heavy (non-hydrogen) atoms. The lowest BCUT2D eigenvalue weighted by Crippen LogP contribution is -2.20. The van der Waals surface area contributed by atoms with Crippen LogP contribution in [-0.4, -0.2) is 17.5 Å². The summed E-state index contributed by atoms with van der Waals surface area (Å²) in [6.45, 7) is 2.99. The summed E-state index contributed by atoms with van der Waals surface area (Å²) in [7, 11) is 0. The van der Waals surface area contributed by atoms with Crippen molar-refractivity contribution < 1.29 is 9.53 Å². The van der Waals surface area contributed by atoms with Crippen LogP contribution in [0.3, 0.4) is 0 Å². The van der Waals surface area contributed by atoms with Crippen molar-refractivity contribution in [1.82, 2.24) is 10.3 Å². The van der Waals surface area contributed by atoms with Gasteiger partial charge in [0, 0.05) is 30.6 Å². The molecule has 0 aliphatic rings. The summed E-state index contributed by atoms with van der Waals surface area (Å²) in [6, 6.07) is 11.4. The summed E-state index contributed by atoms with van der Waals surface area (Å²) in [6.07, 6.45) is 6.70. The minimum Gasteiger partial charge on any atom is -0.493 e. The molecule has 1 amide bonds. The van der Waals surface area contributed by atoms with Crippen molar-refractivity contribution in [3.8, 4) is 5.75 Å². The molecule has 4 nitrogen and oxygen atoms in total. The number of carbonyl (C=O) groups excluding carboxylic acids is 1. The first-order chi connectivity index (χ1) is 10.3. The van der Waals surface area contributed by atoms with Crippen LogP contribution in [0.15, 0.2) is 54.9 Å². The van der Waals surface area contributed by atoms with E-state index in [9.17, 15) is 4.79 Å². The first-order valence-corrected chi connectivity index (χ1v) is 6.86. The van der Waals surface area contributed by atoms with Gasteiger partial charge < -0.3 is 10.1 Å². The molecule has 0 aliphatic carbocycles. The van der Waals surface area contributed by atoms with Gasteiger partial charge in [-0.15, -0.1) is 0 Å². The van der Waals surface area contributed by atoms with E-state index < -0.39 is 0 Å². The van der Waals surface area contributed by atoms with E-state index in [1.807, 2.05) is 43.3 Å². The Balaban J connectivity index is 1.93. The molecule has 1 aromatic carbocycles. The van der Waals surface area contributed by atoms with E-state index in [2.05, 4.69) is 10.3 Å². The van der Waals surface area contributed by atoms with Gasteiger partial charge in [0.15, 0.2) is 0 Å². The van der Waals surface area contributed by atoms with Crippen molar-refractivity contribution >= 4 is 12.0 Å². The van der Waals surface area contributed by atoms with E-state index >= 15 is 0 Å². The molecule has 0 spiro atoms. The van der Waals surface area contributed by atoms with Crippen LogP contribution in [0.25, 0.3) is 6.08 Å². The molecule has 0 atom stereocenters. The summed E-state index contributed by atoms with van der Waals surface area (Å²) in [5.74, 6) is 0.626. The van der Waals surface area contributed by atoms with Gasteiger partial charge in [-0.1, -0.05) is 24.3 Å². The van der Waals surface area contributed by atoms with Gasteiger partial charge in [0.1, 0.15) is 5.75 Å². The number of ether oxygens (including phenoxy) is 1. The van der Waals surface area contributed by atoms with Crippen molar-refractivity contribution in [2.45, 2.75) is 13.5 Å². The Labute approximate surface area is 124 Å². The summed E-state index contributed by atoms with van der Waals surface area (Å²) < 4.78 is 5.51. The van der Waals surface area contributed by atoms with E-state index in [1.54, 1.807) is 18.5 Å². The maximum atomic E-state index is 11.8. The first-order valence-electron chi connectivity index (χ1n) is 6.86. The van der Waals surface area contributed by atoms with Crippen LogP contribution >= 0.6 is 0 Å². The number of rotatable bonds is 6. The van der Waals surface area contributed by atoms with Crippen LogP contribution in [0, 0.1) is 0 Å². The highest BCUT2D eigenvalue weighted by Crippen LogP contribution is 2.19. The molecular weight excluding hydrogens is 264 g/mol. The van der Waals surface area contributed by atoms with Crippen molar-refractivity contribution in [3.63, 3.8) is 0 Å². The molecule has 0 fully saturated rings. The second-order valence-corrected chi connectivity index (χ2v) is 4.38. The molecule has 0 aliphatic heterocycles. The average Bonchev–Trinajstić information content (AvgIpc) is 2.53. The Bertz CT molecular complexity index is 609. The number of nitrogens with one attached hydrogen (secondary N) is 1. The third kappa shape index (κ3) is 4.76. The Kier molecular flexibility index (Phi) is 5.52. The molecule has 2 aromatic rings. The van der Waals surface area contributed by atoms with Crippen LogP contribution in [0.4, 0.5) is 0 Å². The van der Waals surface area contributed by atoms with Gasteiger partial charge in [0.05, 0.1) is 6.61 Å².